The summed E-state index contributed by atoms with van der Waals surface area (Å²) in [6.45, 7) is 0.0700. The van der Waals surface area contributed by atoms with Crippen LogP contribution in [-0.4, -0.2) is 53.9 Å². The molecule has 2 amide bonds. The van der Waals surface area contributed by atoms with Gasteiger partial charge in [0.05, 0.1) is 14.2 Å². The first kappa shape index (κ1) is 29.3. The topological polar surface area (TPSA) is 72.0 Å². The molecule has 0 bridgehead atoms. The van der Waals surface area contributed by atoms with Gasteiger partial charge in [0.15, 0.2) is 11.5 Å². The Morgan fingerprint density at radius 2 is 1.67 bits per heavy atom. The Balaban J connectivity index is 1.61. The van der Waals surface area contributed by atoms with Gasteiger partial charge in [-0.2, -0.15) is 0 Å². The van der Waals surface area contributed by atoms with Gasteiger partial charge in [0.1, 0.15) is 22.6 Å². The molecule has 0 spiro atoms. The first-order chi connectivity index (χ1) is 20.4. The summed E-state index contributed by atoms with van der Waals surface area (Å²) in [6, 6.07) is 20.0. The van der Waals surface area contributed by atoms with Gasteiger partial charge in [-0.15, -0.1) is 11.3 Å². The number of thiazole rings is 1. The van der Waals surface area contributed by atoms with E-state index in [2.05, 4.69) is 4.98 Å². The first-order valence-corrected chi connectivity index (χ1v) is 14.8. The minimum absolute atomic E-state index is 0.0700. The van der Waals surface area contributed by atoms with Gasteiger partial charge in [0, 0.05) is 30.6 Å². The molecule has 42 heavy (non-hydrogen) atoms. The number of likely N-dealkylation sites (N-methyl/N-ethyl adjacent to an activating group) is 1. The van der Waals surface area contributed by atoms with Crippen molar-refractivity contribution in [1.82, 2.24) is 14.8 Å². The van der Waals surface area contributed by atoms with E-state index in [9.17, 15) is 14.0 Å². The molecule has 1 fully saturated rings. The van der Waals surface area contributed by atoms with Crippen molar-refractivity contribution in [2.24, 2.45) is 0 Å². The summed E-state index contributed by atoms with van der Waals surface area (Å²) in [4.78, 5) is 36.8. The summed E-state index contributed by atoms with van der Waals surface area (Å²) in [5.74, 6) is -0.0172. The van der Waals surface area contributed by atoms with Crippen LogP contribution in [0.2, 0.25) is 0 Å². The maximum Gasteiger partial charge on any atom is 0.274 e. The molecule has 9 heteroatoms. The van der Waals surface area contributed by atoms with Crippen molar-refractivity contribution in [2.75, 3.05) is 21.3 Å². The van der Waals surface area contributed by atoms with E-state index >= 15 is 0 Å². The highest BCUT2D eigenvalue weighted by molar-refractivity contribution is 7.13. The minimum Gasteiger partial charge on any atom is -0.493 e. The molecule has 5 rings (SSSR count). The quantitative estimate of drug-likeness (QED) is 0.205. The third-order valence-corrected chi connectivity index (χ3v) is 8.65. The molecule has 1 aliphatic carbocycles. The predicted molar refractivity (Wildman–Crippen MR) is 161 cm³/mol. The van der Waals surface area contributed by atoms with Crippen molar-refractivity contribution in [3.63, 3.8) is 0 Å². The molecule has 1 aliphatic rings. The SMILES string of the molecule is COc1ccc(C(C(=O)N(C)C2CCCC2)N(Cc2ccc(F)cc2)C(=O)c2csc(-c3ccccc3)n2)cc1OC. The summed E-state index contributed by atoms with van der Waals surface area (Å²) in [7, 11) is 4.89. The Hall–Kier alpha value is -4.24. The zero-order chi connectivity index (χ0) is 29.6. The highest BCUT2D eigenvalue weighted by Gasteiger charge is 2.38. The summed E-state index contributed by atoms with van der Waals surface area (Å²) in [6.07, 6.45) is 3.95. The number of halogens is 1. The Kier molecular flexibility index (Phi) is 9.17. The van der Waals surface area contributed by atoms with Gasteiger partial charge in [-0.05, 0) is 48.2 Å². The number of hydrogen-bond acceptors (Lipinski definition) is 6. The van der Waals surface area contributed by atoms with Crippen LogP contribution in [0.1, 0.15) is 53.3 Å². The molecule has 218 valence electrons. The molecule has 1 unspecified atom stereocenters. The van der Waals surface area contributed by atoms with E-state index in [1.165, 1.54) is 35.5 Å². The Bertz CT molecular complexity index is 1520. The number of hydrogen-bond donors (Lipinski definition) is 0. The summed E-state index contributed by atoms with van der Waals surface area (Å²) in [5, 5.41) is 2.43. The number of methoxy groups -OCH3 is 2. The average molecular weight is 588 g/mol. The number of nitrogens with zero attached hydrogens (tertiary/aromatic N) is 3. The van der Waals surface area contributed by atoms with Crippen molar-refractivity contribution in [1.29, 1.82) is 0 Å². The highest BCUT2D eigenvalue weighted by Crippen LogP contribution is 2.36. The van der Waals surface area contributed by atoms with Crippen LogP contribution in [0.4, 0.5) is 4.39 Å². The average Bonchev–Trinajstić information content (AvgIpc) is 3.75. The van der Waals surface area contributed by atoms with Crippen LogP contribution in [0.5, 0.6) is 11.5 Å². The fourth-order valence-electron chi connectivity index (χ4n) is 5.44. The van der Waals surface area contributed by atoms with Gasteiger partial charge in [0.2, 0.25) is 5.91 Å². The lowest BCUT2D eigenvalue weighted by Crippen LogP contribution is -2.46. The van der Waals surface area contributed by atoms with Crippen LogP contribution < -0.4 is 9.47 Å². The maximum absolute atomic E-state index is 14.4. The Labute approximate surface area is 249 Å². The summed E-state index contributed by atoms with van der Waals surface area (Å²) < 4.78 is 24.8. The predicted octanol–water partition coefficient (Wildman–Crippen LogP) is 6.75. The van der Waals surface area contributed by atoms with Gasteiger partial charge < -0.3 is 19.3 Å². The second-order valence-electron chi connectivity index (χ2n) is 10.4. The maximum atomic E-state index is 14.4. The number of aromatic nitrogens is 1. The third-order valence-electron chi connectivity index (χ3n) is 7.76. The smallest absolute Gasteiger partial charge is 0.274 e. The van der Waals surface area contributed by atoms with Crippen molar-refractivity contribution in [3.8, 4) is 22.1 Å². The van der Waals surface area contributed by atoms with E-state index in [0.717, 1.165) is 31.2 Å². The minimum atomic E-state index is -0.991. The highest BCUT2D eigenvalue weighted by atomic mass is 32.1. The van der Waals surface area contributed by atoms with Crippen LogP contribution in [0.3, 0.4) is 0 Å². The molecule has 7 nitrogen and oxygen atoms in total. The molecule has 0 N–H and O–H groups in total. The number of ether oxygens (including phenoxy) is 2. The van der Waals surface area contributed by atoms with Crippen molar-refractivity contribution < 1.29 is 23.5 Å². The van der Waals surface area contributed by atoms with Crippen LogP contribution >= 0.6 is 11.3 Å². The molecule has 1 heterocycles. The first-order valence-electron chi connectivity index (χ1n) is 13.9. The van der Waals surface area contributed by atoms with E-state index in [1.54, 1.807) is 47.7 Å². The van der Waals surface area contributed by atoms with E-state index in [1.807, 2.05) is 37.4 Å². The van der Waals surface area contributed by atoms with Crippen molar-refractivity contribution >= 4 is 23.2 Å². The molecular formula is C33H34FN3O4S. The monoisotopic (exact) mass is 587 g/mol. The van der Waals surface area contributed by atoms with E-state index < -0.39 is 11.9 Å². The second kappa shape index (κ2) is 13.2. The van der Waals surface area contributed by atoms with E-state index in [-0.39, 0.29) is 30.0 Å². The summed E-state index contributed by atoms with van der Waals surface area (Å²) in [5.41, 5.74) is 2.41. The van der Waals surface area contributed by atoms with Crippen LogP contribution in [-0.2, 0) is 11.3 Å². The van der Waals surface area contributed by atoms with Crippen molar-refractivity contribution in [3.05, 3.63) is 101 Å². The number of carbonyl (C=O) groups excluding carboxylic acids is 2. The number of carbonyl (C=O) groups is 2. The lowest BCUT2D eigenvalue weighted by Gasteiger charge is -2.36. The van der Waals surface area contributed by atoms with Crippen LogP contribution in [0.25, 0.3) is 10.6 Å². The Morgan fingerprint density at radius 1 is 0.976 bits per heavy atom. The van der Waals surface area contributed by atoms with Crippen LogP contribution in [0.15, 0.2) is 78.2 Å². The molecule has 0 saturated heterocycles. The zero-order valence-corrected chi connectivity index (χ0v) is 24.8. The van der Waals surface area contributed by atoms with Gasteiger partial charge in [-0.1, -0.05) is 61.4 Å². The lowest BCUT2D eigenvalue weighted by molar-refractivity contribution is -0.137. The molecule has 0 radical (unpaired) electrons. The van der Waals surface area contributed by atoms with E-state index in [0.29, 0.717) is 27.6 Å². The number of benzene rings is 3. The molecule has 3 aromatic carbocycles. The standard InChI is InChI=1S/C33H34FN3O4S/c1-36(26-11-7-8-12-26)33(39)30(24-15-18-28(40-2)29(19-24)41-3)37(20-22-13-16-25(34)17-14-22)32(38)27-21-42-31(35-27)23-9-5-4-6-10-23/h4-6,9-10,13-19,21,26,30H,7-8,11-12,20H2,1-3H3. The van der Waals surface area contributed by atoms with Crippen LogP contribution in [0, 0.1) is 5.82 Å². The molecule has 1 atom stereocenters. The fourth-order valence-corrected chi connectivity index (χ4v) is 6.24. The van der Waals surface area contributed by atoms with Gasteiger partial charge in [-0.3, -0.25) is 9.59 Å². The number of amides is 2. The summed E-state index contributed by atoms with van der Waals surface area (Å²) >= 11 is 1.37. The molecule has 4 aromatic rings. The van der Waals surface area contributed by atoms with Gasteiger partial charge in [0.25, 0.3) is 5.91 Å². The Morgan fingerprint density at radius 3 is 2.33 bits per heavy atom. The number of rotatable bonds is 10. The van der Waals surface area contributed by atoms with E-state index in [4.69, 9.17) is 9.47 Å². The van der Waals surface area contributed by atoms with Crippen molar-refractivity contribution in [2.45, 2.75) is 44.3 Å². The molecule has 0 aliphatic heterocycles. The normalized spacial score (nSPS) is 13.9. The third kappa shape index (κ3) is 6.31. The fraction of sp³-hybridized carbons (Fsp3) is 0.303. The molecular weight excluding hydrogens is 553 g/mol. The largest absolute Gasteiger partial charge is 0.493 e. The van der Waals surface area contributed by atoms with Gasteiger partial charge in [-0.25, -0.2) is 9.37 Å². The molecule has 1 saturated carbocycles. The lowest BCUT2D eigenvalue weighted by atomic mass is 10.00. The zero-order valence-electron chi connectivity index (χ0n) is 24.0. The van der Waals surface area contributed by atoms with Gasteiger partial charge >= 0.3 is 0 Å². The second-order valence-corrected chi connectivity index (χ2v) is 11.2. The molecule has 1 aromatic heterocycles.